The third-order valence-electron chi connectivity index (χ3n) is 1.95. The monoisotopic (exact) mass is 259 g/mol. The van der Waals surface area contributed by atoms with Gasteiger partial charge in [0.25, 0.3) is 0 Å². The zero-order valence-electron chi connectivity index (χ0n) is 8.29. The lowest BCUT2D eigenvalue weighted by Crippen LogP contribution is -2.16. The molecule has 0 aliphatic rings. The number of hydrogen-bond donors (Lipinski definition) is 1. The van der Waals surface area contributed by atoms with E-state index in [4.69, 9.17) is 15.2 Å². The van der Waals surface area contributed by atoms with Gasteiger partial charge in [0, 0.05) is 11.6 Å². The van der Waals surface area contributed by atoms with Crippen molar-refractivity contribution >= 4 is 15.9 Å². The maximum Gasteiger partial charge on any atom is 0.119 e. The second-order valence-corrected chi connectivity index (χ2v) is 3.80. The smallest absolute Gasteiger partial charge is 0.119 e. The lowest BCUT2D eigenvalue weighted by molar-refractivity contribution is 0.180. The van der Waals surface area contributed by atoms with Gasteiger partial charge in [0.05, 0.1) is 19.8 Å². The second-order valence-electron chi connectivity index (χ2n) is 2.95. The Morgan fingerprint density at radius 1 is 1.43 bits per heavy atom. The topological polar surface area (TPSA) is 44.5 Å². The van der Waals surface area contributed by atoms with Crippen molar-refractivity contribution in [2.45, 2.75) is 6.04 Å². The lowest BCUT2D eigenvalue weighted by Gasteiger charge is -2.13. The maximum absolute atomic E-state index is 5.92. The van der Waals surface area contributed by atoms with Crippen LogP contribution in [0.15, 0.2) is 22.7 Å². The summed E-state index contributed by atoms with van der Waals surface area (Å²) in [6, 6.07) is 5.58. The molecular weight excluding hydrogens is 246 g/mol. The normalized spacial score (nSPS) is 12.6. The van der Waals surface area contributed by atoms with Crippen LogP contribution in [0.25, 0.3) is 0 Å². The molecule has 14 heavy (non-hydrogen) atoms. The van der Waals surface area contributed by atoms with Gasteiger partial charge in [0.15, 0.2) is 0 Å². The molecule has 1 atom stereocenters. The van der Waals surface area contributed by atoms with Crippen molar-refractivity contribution in [3.63, 3.8) is 0 Å². The summed E-state index contributed by atoms with van der Waals surface area (Å²) in [6.07, 6.45) is 0. The molecule has 4 heteroatoms. The Bertz CT molecular complexity index is 304. The summed E-state index contributed by atoms with van der Waals surface area (Å²) in [5.74, 6) is 0.801. The largest absolute Gasteiger partial charge is 0.497 e. The Kier molecular flexibility index (Phi) is 4.38. The molecule has 0 radical (unpaired) electrons. The minimum Gasteiger partial charge on any atom is -0.497 e. The quantitative estimate of drug-likeness (QED) is 0.901. The molecule has 0 aliphatic carbocycles. The molecule has 0 fully saturated rings. The van der Waals surface area contributed by atoms with Gasteiger partial charge in [-0.25, -0.2) is 0 Å². The van der Waals surface area contributed by atoms with Gasteiger partial charge in [-0.15, -0.1) is 0 Å². The summed E-state index contributed by atoms with van der Waals surface area (Å²) in [6.45, 7) is 0.492. The molecule has 1 aromatic carbocycles. The standard InChI is InChI=1S/C10H14BrNO2/c1-13-6-10(12)8-5-7(14-2)3-4-9(8)11/h3-5,10H,6,12H2,1-2H3/t10-/m1/s1. The predicted molar refractivity (Wildman–Crippen MR) is 59.5 cm³/mol. The van der Waals surface area contributed by atoms with Gasteiger partial charge >= 0.3 is 0 Å². The minimum absolute atomic E-state index is 0.135. The highest BCUT2D eigenvalue weighted by atomic mass is 79.9. The molecule has 0 heterocycles. The summed E-state index contributed by atoms with van der Waals surface area (Å²) in [5, 5.41) is 0. The van der Waals surface area contributed by atoms with Crippen molar-refractivity contribution in [1.82, 2.24) is 0 Å². The molecule has 3 nitrogen and oxygen atoms in total. The average Bonchev–Trinajstić information content (AvgIpc) is 2.19. The van der Waals surface area contributed by atoms with Gasteiger partial charge in [-0.3, -0.25) is 0 Å². The van der Waals surface area contributed by atoms with Gasteiger partial charge in [-0.2, -0.15) is 0 Å². The SMILES string of the molecule is COC[C@@H](N)c1cc(OC)ccc1Br. The number of rotatable bonds is 4. The van der Waals surface area contributed by atoms with E-state index in [1.54, 1.807) is 14.2 Å². The summed E-state index contributed by atoms with van der Waals surface area (Å²) in [4.78, 5) is 0. The van der Waals surface area contributed by atoms with E-state index in [1.807, 2.05) is 18.2 Å². The fourth-order valence-electron chi connectivity index (χ4n) is 1.20. The number of benzene rings is 1. The molecule has 0 saturated heterocycles. The van der Waals surface area contributed by atoms with E-state index in [2.05, 4.69) is 15.9 Å². The minimum atomic E-state index is -0.135. The van der Waals surface area contributed by atoms with Gasteiger partial charge in [-0.05, 0) is 23.8 Å². The first kappa shape index (κ1) is 11.5. The summed E-state index contributed by atoms with van der Waals surface area (Å²) in [5.41, 5.74) is 6.91. The van der Waals surface area contributed by atoms with Crippen LogP contribution in [0.1, 0.15) is 11.6 Å². The van der Waals surface area contributed by atoms with E-state index >= 15 is 0 Å². The first-order valence-corrected chi connectivity index (χ1v) is 5.06. The van der Waals surface area contributed by atoms with Crippen LogP contribution in [-0.2, 0) is 4.74 Å². The van der Waals surface area contributed by atoms with E-state index in [0.717, 1.165) is 15.8 Å². The van der Waals surface area contributed by atoms with Crippen molar-refractivity contribution in [2.24, 2.45) is 5.73 Å². The summed E-state index contributed by atoms with van der Waals surface area (Å²) in [7, 11) is 3.27. The van der Waals surface area contributed by atoms with Gasteiger partial charge in [0.1, 0.15) is 5.75 Å². The number of ether oxygens (including phenoxy) is 2. The average molecular weight is 260 g/mol. The zero-order chi connectivity index (χ0) is 10.6. The van der Waals surface area contributed by atoms with Crippen LogP contribution in [0.5, 0.6) is 5.75 Å². The highest BCUT2D eigenvalue weighted by molar-refractivity contribution is 9.10. The molecule has 0 amide bonds. The first-order valence-electron chi connectivity index (χ1n) is 4.27. The Labute approximate surface area is 92.3 Å². The number of methoxy groups -OCH3 is 2. The Balaban J connectivity index is 2.93. The van der Waals surface area contributed by atoms with Gasteiger partial charge < -0.3 is 15.2 Å². The molecule has 2 N–H and O–H groups in total. The molecule has 0 aliphatic heterocycles. The third-order valence-corrected chi connectivity index (χ3v) is 2.67. The molecule has 0 spiro atoms. The Morgan fingerprint density at radius 3 is 2.71 bits per heavy atom. The highest BCUT2D eigenvalue weighted by Crippen LogP contribution is 2.26. The van der Waals surface area contributed by atoms with Crippen molar-refractivity contribution in [2.75, 3.05) is 20.8 Å². The second kappa shape index (κ2) is 5.34. The van der Waals surface area contributed by atoms with Crippen molar-refractivity contribution in [1.29, 1.82) is 0 Å². The first-order chi connectivity index (χ1) is 6.69. The number of hydrogen-bond acceptors (Lipinski definition) is 3. The van der Waals surface area contributed by atoms with Crippen LogP contribution >= 0.6 is 15.9 Å². The van der Waals surface area contributed by atoms with Crippen LogP contribution < -0.4 is 10.5 Å². The molecular formula is C10H14BrNO2. The van der Waals surface area contributed by atoms with Crippen LogP contribution in [-0.4, -0.2) is 20.8 Å². The Morgan fingerprint density at radius 2 is 2.14 bits per heavy atom. The molecule has 0 saturated carbocycles. The fraction of sp³-hybridized carbons (Fsp3) is 0.400. The molecule has 1 rings (SSSR count). The highest BCUT2D eigenvalue weighted by Gasteiger charge is 2.10. The summed E-state index contributed by atoms with van der Waals surface area (Å²) >= 11 is 3.44. The Hall–Kier alpha value is -0.580. The molecule has 1 aromatic rings. The summed E-state index contributed by atoms with van der Waals surface area (Å²) < 4.78 is 11.1. The molecule has 0 bridgehead atoms. The van der Waals surface area contributed by atoms with Crippen LogP contribution in [0.2, 0.25) is 0 Å². The number of halogens is 1. The zero-order valence-corrected chi connectivity index (χ0v) is 9.87. The van der Waals surface area contributed by atoms with E-state index < -0.39 is 0 Å². The maximum atomic E-state index is 5.92. The van der Waals surface area contributed by atoms with Crippen molar-refractivity contribution < 1.29 is 9.47 Å². The van der Waals surface area contributed by atoms with Crippen LogP contribution in [0.3, 0.4) is 0 Å². The molecule has 0 unspecified atom stereocenters. The predicted octanol–water partition coefficient (Wildman–Crippen LogP) is 2.10. The molecule has 0 aromatic heterocycles. The van der Waals surface area contributed by atoms with E-state index in [1.165, 1.54) is 0 Å². The third kappa shape index (κ3) is 2.70. The van der Waals surface area contributed by atoms with Crippen molar-refractivity contribution in [3.8, 4) is 5.75 Å². The fourth-order valence-corrected chi connectivity index (χ4v) is 1.74. The van der Waals surface area contributed by atoms with E-state index in [0.29, 0.717) is 6.61 Å². The lowest BCUT2D eigenvalue weighted by atomic mass is 10.1. The van der Waals surface area contributed by atoms with Gasteiger partial charge in [-0.1, -0.05) is 15.9 Å². The van der Waals surface area contributed by atoms with Crippen molar-refractivity contribution in [3.05, 3.63) is 28.2 Å². The number of nitrogens with two attached hydrogens (primary N) is 1. The van der Waals surface area contributed by atoms with E-state index in [9.17, 15) is 0 Å². The van der Waals surface area contributed by atoms with Crippen LogP contribution in [0, 0.1) is 0 Å². The van der Waals surface area contributed by atoms with Gasteiger partial charge in [0.2, 0.25) is 0 Å². The molecule has 78 valence electrons. The van der Waals surface area contributed by atoms with E-state index in [-0.39, 0.29) is 6.04 Å². The van der Waals surface area contributed by atoms with Crippen LogP contribution in [0.4, 0.5) is 0 Å².